The second-order valence-corrected chi connectivity index (χ2v) is 6.90. The van der Waals surface area contributed by atoms with Gasteiger partial charge in [0.2, 0.25) is 0 Å². The van der Waals surface area contributed by atoms with Gasteiger partial charge < -0.3 is 19.9 Å². The van der Waals surface area contributed by atoms with Gasteiger partial charge in [-0.05, 0) is 31.5 Å². The summed E-state index contributed by atoms with van der Waals surface area (Å²) in [5.41, 5.74) is 1.59. The van der Waals surface area contributed by atoms with E-state index in [0.29, 0.717) is 23.9 Å². The van der Waals surface area contributed by atoms with Crippen LogP contribution in [0.1, 0.15) is 28.8 Å². The number of carbonyl (C=O) groups excluding carboxylic acids is 1. The standard InChI is InChI=1S/C21H29N5O2/c1-4-25-11-13-26(14-12-25)21(27)18-15-20(24-16(2)23-18)22-10-9-17-7-5-6-8-19(17)28-3/h5-8,15H,4,9-14H2,1-3H3,(H,22,23,24). The number of aromatic nitrogens is 2. The zero-order chi connectivity index (χ0) is 19.9. The first kappa shape index (κ1) is 20.1. The highest BCUT2D eigenvalue weighted by Gasteiger charge is 2.23. The minimum atomic E-state index is -0.0194. The fourth-order valence-corrected chi connectivity index (χ4v) is 3.43. The zero-order valence-corrected chi connectivity index (χ0v) is 16.9. The molecule has 7 nitrogen and oxygen atoms in total. The molecule has 2 aromatic rings. The van der Waals surface area contributed by atoms with Gasteiger partial charge in [-0.2, -0.15) is 0 Å². The predicted octanol–water partition coefficient (Wildman–Crippen LogP) is 2.23. The molecule has 1 fully saturated rings. The smallest absolute Gasteiger partial charge is 0.272 e. The molecule has 0 aliphatic carbocycles. The minimum Gasteiger partial charge on any atom is -0.496 e. The number of anilines is 1. The molecular weight excluding hydrogens is 354 g/mol. The van der Waals surface area contributed by atoms with Gasteiger partial charge in [-0.3, -0.25) is 4.79 Å². The van der Waals surface area contributed by atoms with Gasteiger partial charge in [0, 0.05) is 38.8 Å². The number of nitrogens with one attached hydrogen (secondary N) is 1. The molecule has 7 heteroatoms. The fraction of sp³-hybridized carbons (Fsp3) is 0.476. The van der Waals surface area contributed by atoms with E-state index in [9.17, 15) is 4.79 Å². The van der Waals surface area contributed by atoms with Gasteiger partial charge in [-0.15, -0.1) is 0 Å². The van der Waals surface area contributed by atoms with E-state index >= 15 is 0 Å². The van der Waals surface area contributed by atoms with Crippen LogP contribution >= 0.6 is 0 Å². The Balaban J connectivity index is 1.62. The van der Waals surface area contributed by atoms with Crippen LogP contribution in [0.25, 0.3) is 0 Å². The quantitative estimate of drug-likeness (QED) is 0.791. The number of methoxy groups -OCH3 is 1. The maximum Gasteiger partial charge on any atom is 0.272 e. The summed E-state index contributed by atoms with van der Waals surface area (Å²) in [4.78, 5) is 25.9. The summed E-state index contributed by atoms with van der Waals surface area (Å²) in [6, 6.07) is 9.73. The monoisotopic (exact) mass is 383 g/mol. The summed E-state index contributed by atoms with van der Waals surface area (Å²) < 4.78 is 5.39. The van der Waals surface area contributed by atoms with Crippen LogP contribution in [0, 0.1) is 6.92 Å². The van der Waals surface area contributed by atoms with Crippen LogP contribution in [-0.4, -0.2) is 72.1 Å². The van der Waals surface area contributed by atoms with Gasteiger partial charge in [0.25, 0.3) is 5.91 Å². The molecule has 0 spiro atoms. The maximum atomic E-state index is 12.9. The number of hydrogen-bond donors (Lipinski definition) is 1. The third kappa shape index (κ3) is 4.98. The summed E-state index contributed by atoms with van der Waals surface area (Å²) in [7, 11) is 1.68. The first-order chi connectivity index (χ1) is 13.6. The van der Waals surface area contributed by atoms with Gasteiger partial charge in [-0.1, -0.05) is 25.1 Å². The number of rotatable bonds is 7. The summed E-state index contributed by atoms with van der Waals surface area (Å²) in [6.07, 6.45) is 0.801. The SMILES string of the molecule is CCN1CCN(C(=O)c2cc(NCCc3ccccc3OC)nc(C)n2)CC1. The van der Waals surface area contributed by atoms with E-state index in [0.717, 1.165) is 50.5 Å². The number of para-hydroxylation sites is 1. The zero-order valence-electron chi connectivity index (χ0n) is 16.9. The third-order valence-electron chi connectivity index (χ3n) is 5.06. The maximum absolute atomic E-state index is 12.9. The molecule has 0 radical (unpaired) electrons. The molecule has 1 aromatic heterocycles. The van der Waals surface area contributed by atoms with Crippen molar-refractivity contribution in [1.82, 2.24) is 19.8 Å². The second kappa shape index (κ2) is 9.50. The van der Waals surface area contributed by atoms with Gasteiger partial charge in [-0.25, -0.2) is 9.97 Å². The Hall–Kier alpha value is -2.67. The Morgan fingerprint density at radius 3 is 2.64 bits per heavy atom. The van der Waals surface area contributed by atoms with E-state index in [1.165, 1.54) is 0 Å². The second-order valence-electron chi connectivity index (χ2n) is 6.90. The molecule has 0 saturated carbocycles. The van der Waals surface area contributed by atoms with E-state index in [2.05, 4.69) is 33.2 Å². The molecule has 1 saturated heterocycles. The van der Waals surface area contributed by atoms with Crippen molar-refractivity contribution < 1.29 is 9.53 Å². The average Bonchev–Trinajstić information content (AvgIpc) is 2.73. The van der Waals surface area contributed by atoms with Gasteiger partial charge >= 0.3 is 0 Å². The molecule has 1 aromatic carbocycles. The first-order valence-electron chi connectivity index (χ1n) is 9.83. The normalized spacial score (nSPS) is 14.8. The van der Waals surface area contributed by atoms with Crippen molar-refractivity contribution in [1.29, 1.82) is 0 Å². The van der Waals surface area contributed by atoms with Crippen LogP contribution in [0.15, 0.2) is 30.3 Å². The van der Waals surface area contributed by atoms with E-state index in [-0.39, 0.29) is 5.91 Å². The van der Waals surface area contributed by atoms with Crippen LogP contribution in [0.5, 0.6) is 5.75 Å². The molecule has 1 aliphatic heterocycles. The highest BCUT2D eigenvalue weighted by atomic mass is 16.5. The van der Waals surface area contributed by atoms with E-state index < -0.39 is 0 Å². The lowest BCUT2D eigenvalue weighted by atomic mass is 10.1. The largest absolute Gasteiger partial charge is 0.496 e. The molecule has 1 aliphatic rings. The van der Waals surface area contributed by atoms with Crippen molar-refractivity contribution in [3.05, 3.63) is 47.4 Å². The van der Waals surface area contributed by atoms with Gasteiger partial charge in [0.1, 0.15) is 23.1 Å². The molecule has 150 valence electrons. The van der Waals surface area contributed by atoms with Crippen molar-refractivity contribution in [3.8, 4) is 5.75 Å². The predicted molar refractivity (Wildman–Crippen MR) is 110 cm³/mol. The van der Waals surface area contributed by atoms with Crippen LogP contribution in [0.3, 0.4) is 0 Å². The number of amides is 1. The van der Waals surface area contributed by atoms with Crippen molar-refractivity contribution in [3.63, 3.8) is 0 Å². The number of ether oxygens (including phenoxy) is 1. The van der Waals surface area contributed by atoms with Crippen LogP contribution in [-0.2, 0) is 6.42 Å². The number of benzene rings is 1. The topological polar surface area (TPSA) is 70.6 Å². The Kier molecular flexibility index (Phi) is 6.81. The summed E-state index contributed by atoms with van der Waals surface area (Å²) in [5, 5.41) is 3.31. The Labute approximate surface area is 166 Å². The average molecular weight is 383 g/mol. The molecule has 2 heterocycles. The number of carbonyl (C=O) groups is 1. The van der Waals surface area contributed by atoms with E-state index in [1.807, 2.05) is 30.0 Å². The number of piperazine rings is 1. The van der Waals surface area contributed by atoms with Crippen LogP contribution in [0.4, 0.5) is 5.82 Å². The highest BCUT2D eigenvalue weighted by molar-refractivity contribution is 5.93. The van der Waals surface area contributed by atoms with Crippen LogP contribution in [0.2, 0.25) is 0 Å². The minimum absolute atomic E-state index is 0.0194. The van der Waals surface area contributed by atoms with Crippen molar-refractivity contribution >= 4 is 11.7 Å². The number of hydrogen-bond acceptors (Lipinski definition) is 6. The lowest BCUT2D eigenvalue weighted by Gasteiger charge is -2.33. The number of aryl methyl sites for hydroxylation is 1. The Morgan fingerprint density at radius 1 is 1.18 bits per heavy atom. The molecule has 1 amide bonds. The third-order valence-corrected chi connectivity index (χ3v) is 5.06. The van der Waals surface area contributed by atoms with Crippen molar-refractivity contribution in [2.45, 2.75) is 20.3 Å². The highest BCUT2D eigenvalue weighted by Crippen LogP contribution is 2.18. The fourth-order valence-electron chi connectivity index (χ4n) is 3.43. The van der Waals surface area contributed by atoms with Gasteiger partial charge in [0.05, 0.1) is 7.11 Å². The Morgan fingerprint density at radius 2 is 1.93 bits per heavy atom. The van der Waals surface area contributed by atoms with Crippen molar-refractivity contribution in [2.24, 2.45) is 0 Å². The van der Waals surface area contributed by atoms with E-state index in [4.69, 9.17) is 4.74 Å². The molecule has 28 heavy (non-hydrogen) atoms. The summed E-state index contributed by atoms with van der Waals surface area (Å²) in [6.45, 7) is 8.99. The summed E-state index contributed by atoms with van der Waals surface area (Å²) >= 11 is 0. The lowest BCUT2D eigenvalue weighted by Crippen LogP contribution is -2.48. The molecule has 0 bridgehead atoms. The van der Waals surface area contributed by atoms with Crippen molar-refractivity contribution in [2.75, 3.05) is 51.7 Å². The first-order valence-corrected chi connectivity index (χ1v) is 9.83. The molecule has 1 N–H and O–H groups in total. The number of nitrogens with zero attached hydrogens (tertiary/aromatic N) is 4. The molecule has 0 atom stereocenters. The summed E-state index contributed by atoms with van der Waals surface area (Å²) in [5.74, 6) is 2.13. The molecule has 0 unspecified atom stereocenters. The molecule has 3 rings (SSSR count). The lowest BCUT2D eigenvalue weighted by molar-refractivity contribution is 0.0637. The van der Waals surface area contributed by atoms with E-state index in [1.54, 1.807) is 13.2 Å². The number of likely N-dealkylation sites (N-methyl/N-ethyl adjacent to an activating group) is 1. The molecular formula is C21H29N5O2. The van der Waals surface area contributed by atoms with Gasteiger partial charge in [0.15, 0.2) is 0 Å². The Bertz CT molecular complexity index is 803. The van der Waals surface area contributed by atoms with Crippen LogP contribution < -0.4 is 10.1 Å².